The Kier molecular flexibility index (Phi) is 6.12. The molecule has 0 spiro atoms. The number of benzene rings is 1. The summed E-state index contributed by atoms with van der Waals surface area (Å²) in [4.78, 5) is 28.7. The number of aliphatic carboxylic acids is 1. The Hall–Kier alpha value is -1.58. The predicted molar refractivity (Wildman–Crippen MR) is 105 cm³/mol. The zero-order valence-electron chi connectivity index (χ0n) is 14.4. The molecule has 1 aromatic rings. The van der Waals surface area contributed by atoms with Crippen molar-refractivity contribution >= 4 is 50.2 Å². The lowest BCUT2D eigenvalue weighted by atomic mass is 10.1. The third-order valence-electron chi connectivity index (χ3n) is 4.48. The van der Waals surface area contributed by atoms with Gasteiger partial charge in [-0.3, -0.25) is 9.59 Å². The Morgan fingerprint density at radius 3 is 2.70 bits per heavy atom. The van der Waals surface area contributed by atoms with E-state index in [0.29, 0.717) is 16.7 Å². The molecule has 7 nitrogen and oxygen atoms in total. The smallest absolute Gasteiger partial charge is 0.303 e. The van der Waals surface area contributed by atoms with Crippen LogP contribution < -0.4 is 0 Å². The van der Waals surface area contributed by atoms with Gasteiger partial charge in [0.05, 0.1) is 17.5 Å². The van der Waals surface area contributed by atoms with Crippen molar-refractivity contribution in [3.63, 3.8) is 0 Å². The van der Waals surface area contributed by atoms with Crippen LogP contribution in [0.25, 0.3) is 0 Å². The minimum absolute atomic E-state index is 0.0291. The second-order valence-electron chi connectivity index (χ2n) is 6.56. The zero-order chi connectivity index (χ0) is 19.6. The lowest BCUT2D eigenvalue weighted by Crippen LogP contribution is -2.37. The van der Waals surface area contributed by atoms with Crippen LogP contribution in [-0.4, -0.2) is 58.3 Å². The molecule has 1 aromatic carbocycles. The molecule has 27 heavy (non-hydrogen) atoms. The second-order valence-corrected chi connectivity index (χ2v) is 10.3. The SMILES string of the molecule is O=C(O)CCCC(=O)N=C1S[C@H]2CS(=O)(=O)C[C@@H]2N1Cc1ccccc1Cl. The monoisotopic (exact) mass is 430 g/mol. The molecule has 1 N–H and O–H groups in total. The maximum absolute atomic E-state index is 12.1. The normalized spacial score (nSPS) is 24.9. The summed E-state index contributed by atoms with van der Waals surface area (Å²) in [7, 11) is -3.12. The van der Waals surface area contributed by atoms with E-state index in [9.17, 15) is 18.0 Å². The number of sulfone groups is 1. The van der Waals surface area contributed by atoms with Gasteiger partial charge in [0.1, 0.15) is 0 Å². The summed E-state index contributed by atoms with van der Waals surface area (Å²) in [6, 6.07) is 7.03. The number of carbonyl (C=O) groups is 2. The lowest BCUT2D eigenvalue weighted by molar-refractivity contribution is -0.137. The van der Waals surface area contributed by atoms with Crippen molar-refractivity contribution in [2.24, 2.45) is 4.99 Å². The summed E-state index contributed by atoms with van der Waals surface area (Å²) in [5.74, 6) is -1.26. The first-order chi connectivity index (χ1) is 12.7. The Labute approximate surface area is 166 Å². The summed E-state index contributed by atoms with van der Waals surface area (Å²) in [5.41, 5.74) is 0.829. The number of thioether (sulfide) groups is 1. The van der Waals surface area contributed by atoms with Gasteiger partial charge in [-0.15, -0.1) is 0 Å². The molecular weight excluding hydrogens is 412 g/mol. The van der Waals surface area contributed by atoms with Crippen LogP contribution in [0.15, 0.2) is 29.3 Å². The summed E-state index contributed by atoms with van der Waals surface area (Å²) in [6.07, 6.45) is 0.182. The number of fused-ring (bicyclic) bond motifs is 1. The van der Waals surface area contributed by atoms with Crippen molar-refractivity contribution in [1.29, 1.82) is 0 Å². The van der Waals surface area contributed by atoms with Gasteiger partial charge >= 0.3 is 5.97 Å². The Morgan fingerprint density at radius 2 is 2.00 bits per heavy atom. The Balaban J connectivity index is 1.79. The largest absolute Gasteiger partial charge is 0.481 e. The molecule has 2 aliphatic rings. The average Bonchev–Trinajstić information content (AvgIpc) is 3.01. The quantitative estimate of drug-likeness (QED) is 0.737. The van der Waals surface area contributed by atoms with Crippen LogP contribution in [-0.2, 0) is 26.0 Å². The molecule has 0 aromatic heterocycles. The molecule has 0 unspecified atom stereocenters. The molecule has 1 amide bonds. The Morgan fingerprint density at radius 1 is 1.26 bits per heavy atom. The highest BCUT2D eigenvalue weighted by molar-refractivity contribution is 8.15. The number of hydrogen-bond donors (Lipinski definition) is 1. The van der Waals surface area contributed by atoms with Gasteiger partial charge in [-0.25, -0.2) is 8.42 Å². The third kappa shape index (κ3) is 5.03. The van der Waals surface area contributed by atoms with E-state index in [1.807, 2.05) is 23.1 Å². The number of amides is 1. The number of amidine groups is 1. The minimum atomic E-state index is -3.12. The van der Waals surface area contributed by atoms with Crippen LogP contribution in [0.2, 0.25) is 5.02 Å². The molecule has 0 radical (unpaired) electrons. The molecule has 0 bridgehead atoms. The molecule has 2 saturated heterocycles. The molecule has 10 heteroatoms. The molecule has 146 valence electrons. The summed E-state index contributed by atoms with van der Waals surface area (Å²) >= 11 is 7.54. The van der Waals surface area contributed by atoms with E-state index in [-0.39, 0.29) is 42.1 Å². The van der Waals surface area contributed by atoms with Crippen molar-refractivity contribution in [2.75, 3.05) is 11.5 Å². The standard InChI is InChI=1S/C17H19ClN2O5S2/c18-12-5-2-1-4-11(12)8-20-13-9-27(24,25)10-14(13)26-17(20)19-15(21)6-3-7-16(22)23/h1-2,4-5,13-14H,3,6-10H2,(H,22,23)/t13-,14-/m0/s1. The van der Waals surface area contributed by atoms with Gasteiger partial charge in [-0.05, 0) is 18.1 Å². The number of rotatable bonds is 6. The van der Waals surface area contributed by atoms with Crippen LogP contribution >= 0.6 is 23.4 Å². The number of carbonyl (C=O) groups excluding carboxylic acids is 1. The molecular formula is C17H19ClN2O5S2. The van der Waals surface area contributed by atoms with Gasteiger partial charge in [0, 0.05) is 29.7 Å². The number of carboxylic acids is 1. The van der Waals surface area contributed by atoms with Crippen LogP contribution in [0, 0.1) is 0 Å². The number of halogens is 1. The highest BCUT2D eigenvalue weighted by Crippen LogP contribution is 2.39. The van der Waals surface area contributed by atoms with Crippen molar-refractivity contribution in [2.45, 2.75) is 37.1 Å². The average molecular weight is 431 g/mol. The fourth-order valence-corrected chi connectivity index (χ4v) is 7.35. The predicted octanol–water partition coefficient (Wildman–Crippen LogP) is 2.19. The van der Waals surface area contributed by atoms with Gasteiger partial charge in [0.25, 0.3) is 0 Å². The van der Waals surface area contributed by atoms with E-state index >= 15 is 0 Å². The first kappa shape index (κ1) is 20.2. The molecule has 0 saturated carbocycles. The summed E-state index contributed by atoms with van der Waals surface area (Å²) in [5, 5.41) is 9.56. The number of carboxylic acid groups (broad SMARTS) is 1. The fraction of sp³-hybridized carbons (Fsp3) is 0.471. The molecule has 0 aliphatic carbocycles. The first-order valence-corrected chi connectivity index (χ1v) is 11.5. The van der Waals surface area contributed by atoms with Crippen LogP contribution in [0.3, 0.4) is 0 Å². The molecule has 2 fully saturated rings. The maximum atomic E-state index is 12.1. The first-order valence-electron chi connectivity index (χ1n) is 8.45. The van der Waals surface area contributed by atoms with Crippen molar-refractivity contribution < 1.29 is 23.1 Å². The molecule has 2 aliphatic heterocycles. The number of nitrogens with zero attached hydrogens (tertiary/aromatic N) is 2. The van der Waals surface area contributed by atoms with Gasteiger partial charge in [-0.1, -0.05) is 41.6 Å². The zero-order valence-corrected chi connectivity index (χ0v) is 16.8. The van der Waals surface area contributed by atoms with Crippen molar-refractivity contribution in [3.05, 3.63) is 34.9 Å². The molecule has 3 rings (SSSR count). The number of hydrogen-bond acceptors (Lipinski definition) is 5. The van der Waals surface area contributed by atoms with E-state index < -0.39 is 21.7 Å². The highest BCUT2D eigenvalue weighted by atomic mass is 35.5. The van der Waals surface area contributed by atoms with Gasteiger partial charge in [0.15, 0.2) is 15.0 Å². The Bertz CT molecular complexity index is 887. The third-order valence-corrected chi connectivity index (χ3v) is 8.09. The van der Waals surface area contributed by atoms with Crippen molar-refractivity contribution in [1.82, 2.24) is 4.90 Å². The topological polar surface area (TPSA) is 104 Å². The fourth-order valence-electron chi connectivity index (χ4n) is 3.18. The second kappa shape index (κ2) is 8.20. The van der Waals surface area contributed by atoms with Gasteiger partial charge < -0.3 is 10.0 Å². The summed E-state index contributed by atoms with van der Waals surface area (Å²) in [6.45, 7) is 0.366. The van der Waals surface area contributed by atoms with Crippen molar-refractivity contribution in [3.8, 4) is 0 Å². The van der Waals surface area contributed by atoms with Crippen LogP contribution in [0.5, 0.6) is 0 Å². The van der Waals surface area contributed by atoms with E-state index in [2.05, 4.69) is 4.99 Å². The van der Waals surface area contributed by atoms with E-state index in [1.165, 1.54) is 11.8 Å². The number of aliphatic imine (C=N–C) groups is 1. The van der Waals surface area contributed by atoms with Crippen LogP contribution in [0.4, 0.5) is 0 Å². The lowest BCUT2D eigenvalue weighted by Gasteiger charge is -2.25. The van der Waals surface area contributed by atoms with E-state index in [1.54, 1.807) is 6.07 Å². The molecule has 2 atom stereocenters. The van der Waals surface area contributed by atoms with E-state index in [0.717, 1.165) is 5.56 Å². The minimum Gasteiger partial charge on any atom is -0.481 e. The molecule has 2 heterocycles. The highest BCUT2D eigenvalue weighted by Gasteiger charge is 2.48. The van der Waals surface area contributed by atoms with Crippen LogP contribution in [0.1, 0.15) is 24.8 Å². The summed E-state index contributed by atoms with van der Waals surface area (Å²) < 4.78 is 24.0. The van der Waals surface area contributed by atoms with Gasteiger partial charge in [0.2, 0.25) is 5.91 Å². The van der Waals surface area contributed by atoms with E-state index in [4.69, 9.17) is 16.7 Å². The maximum Gasteiger partial charge on any atom is 0.303 e. The van der Waals surface area contributed by atoms with Gasteiger partial charge in [-0.2, -0.15) is 4.99 Å².